The molecule has 6 atom stereocenters. The number of fused-ring (bicyclic) bond motifs is 2. The van der Waals surface area contributed by atoms with E-state index in [2.05, 4.69) is 6.92 Å². The fourth-order valence-electron chi connectivity index (χ4n) is 6.53. The number of halogens is 6. The van der Waals surface area contributed by atoms with Gasteiger partial charge in [0.1, 0.15) is 0 Å². The van der Waals surface area contributed by atoms with Gasteiger partial charge in [-0.2, -0.15) is 26.3 Å². The van der Waals surface area contributed by atoms with Gasteiger partial charge in [0.15, 0.2) is 5.79 Å². The van der Waals surface area contributed by atoms with Crippen molar-refractivity contribution in [3.8, 4) is 0 Å². The molecule has 0 aromatic rings. The van der Waals surface area contributed by atoms with Crippen LogP contribution in [0.25, 0.3) is 0 Å². The molecule has 0 radical (unpaired) electrons. The van der Waals surface area contributed by atoms with E-state index < -0.39 is 48.1 Å². The van der Waals surface area contributed by atoms with Crippen LogP contribution in [0.5, 0.6) is 0 Å². The predicted octanol–water partition coefficient (Wildman–Crippen LogP) is 5.44. The molecule has 0 aromatic carbocycles. The predicted molar refractivity (Wildman–Crippen MR) is 97.2 cm³/mol. The van der Waals surface area contributed by atoms with Gasteiger partial charge in [-0.1, -0.05) is 20.8 Å². The van der Waals surface area contributed by atoms with Gasteiger partial charge in [-0.3, -0.25) is 0 Å². The van der Waals surface area contributed by atoms with Gasteiger partial charge >= 0.3 is 12.4 Å². The van der Waals surface area contributed by atoms with Crippen molar-refractivity contribution >= 4 is 0 Å². The first-order chi connectivity index (χ1) is 13.4. The van der Waals surface area contributed by atoms with Crippen molar-refractivity contribution in [2.75, 3.05) is 0 Å². The van der Waals surface area contributed by atoms with Crippen LogP contribution in [0.3, 0.4) is 0 Å². The molecule has 2 bridgehead atoms. The fourth-order valence-corrected chi connectivity index (χ4v) is 6.53. The Labute approximate surface area is 173 Å². The van der Waals surface area contributed by atoms with Crippen LogP contribution in [0.4, 0.5) is 26.3 Å². The molecule has 3 nitrogen and oxygen atoms in total. The number of ether oxygens (including phenoxy) is 1. The summed E-state index contributed by atoms with van der Waals surface area (Å²) in [5, 5.41) is 20.8. The molecule has 3 aliphatic carbocycles. The zero-order chi connectivity index (χ0) is 22.9. The molecule has 3 aliphatic rings. The third-order valence-corrected chi connectivity index (χ3v) is 7.81. The number of alkyl halides is 6. The van der Waals surface area contributed by atoms with Crippen LogP contribution in [-0.4, -0.2) is 40.1 Å². The Kier molecular flexibility index (Phi) is 5.81. The fraction of sp³-hybridized carbons (Fsp3) is 1.00. The highest BCUT2D eigenvalue weighted by atomic mass is 19.4. The average Bonchev–Trinajstić information content (AvgIpc) is 2.97. The molecule has 3 fully saturated rings. The first-order valence-corrected chi connectivity index (χ1v) is 10.7. The van der Waals surface area contributed by atoms with Crippen molar-refractivity contribution in [3.05, 3.63) is 0 Å². The minimum absolute atomic E-state index is 0.0551. The second kappa shape index (κ2) is 7.24. The maximum absolute atomic E-state index is 13.2. The molecular formula is C21H32F6O3. The van der Waals surface area contributed by atoms with Gasteiger partial charge in [-0.25, -0.2) is 0 Å². The van der Waals surface area contributed by atoms with Gasteiger partial charge in [-0.15, -0.1) is 0 Å². The van der Waals surface area contributed by atoms with Gasteiger partial charge in [0.25, 0.3) is 5.60 Å². The summed E-state index contributed by atoms with van der Waals surface area (Å²) in [6.07, 6.45) is -10.6. The Hall–Kier alpha value is -0.540. The largest absolute Gasteiger partial charge is 0.426 e. The maximum Gasteiger partial charge on any atom is 0.426 e. The topological polar surface area (TPSA) is 49.7 Å². The van der Waals surface area contributed by atoms with Crippen molar-refractivity contribution in [3.63, 3.8) is 0 Å². The van der Waals surface area contributed by atoms with E-state index in [-0.39, 0.29) is 29.6 Å². The van der Waals surface area contributed by atoms with E-state index >= 15 is 0 Å². The lowest BCUT2D eigenvalue weighted by Crippen LogP contribution is -2.58. The molecule has 0 spiro atoms. The monoisotopic (exact) mass is 446 g/mol. The van der Waals surface area contributed by atoms with Gasteiger partial charge in [0.05, 0.1) is 6.10 Å². The molecule has 2 N–H and O–H groups in total. The quantitative estimate of drug-likeness (QED) is 0.404. The smallest absolute Gasteiger partial charge is 0.374 e. The van der Waals surface area contributed by atoms with Crippen molar-refractivity contribution in [2.45, 2.75) is 96.1 Å². The third-order valence-electron chi connectivity index (χ3n) is 7.81. The normalized spacial score (nSPS) is 34.3. The van der Waals surface area contributed by atoms with E-state index in [0.29, 0.717) is 12.8 Å². The van der Waals surface area contributed by atoms with E-state index in [4.69, 9.17) is 4.74 Å². The van der Waals surface area contributed by atoms with Gasteiger partial charge in [-0.05, 0) is 74.5 Å². The highest BCUT2D eigenvalue weighted by Gasteiger charge is 2.71. The Morgan fingerprint density at radius 1 is 0.967 bits per heavy atom. The summed E-state index contributed by atoms with van der Waals surface area (Å²) < 4.78 is 85.0. The van der Waals surface area contributed by atoms with E-state index in [1.165, 1.54) is 0 Å². The van der Waals surface area contributed by atoms with Crippen LogP contribution in [-0.2, 0) is 4.74 Å². The molecule has 176 valence electrons. The lowest BCUT2D eigenvalue weighted by Gasteiger charge is -2.44. The molecule has 30 heavy (non-hydrogen) atoms. The lowest BCUT2D eigenvalue weighted by atomic mass is 9.75. The number of hydrogen-bond acceptors (Lipinski definition) is 3. The molecule has 3 saturated carbocycles. The zero-order valence-corrected chi connectivity index (χ0v) is 17.8. The minimum atomic E-state index is -5.81. The summed E-state index contributed by atoms with van der Waals surface area (Å²) >= 11 is 0. The minimum Gasteiger partial charge on any atom is -0.374 e. The van der Waals surface area contributed by atoms with Crippen molar-refractivity contribution in [2.24, 2.45) is 35.0 Å². The Bertz CT molecular complexity index is 624. The number of hydrogen-bond donors (Lipinski definition) is 2. The van der Waals surface area contributed by atoms with Crippen LogP contribution < -0.4 is 0 Å². The first kappa shape index (κ1) is 24.1. The van der Waals surface area contributed by atoms with Gasteiger partial charge in [0.2, 0.25) is 0 Å². The summed E-state index contributed by atoms with van der Waals surface area (Å²) in [5.41, 5.74) is -4.81. The molecular weight excluding hydrogens is 414 g/mol. The second-order valence-electron chi connectivity index (χ2n) is 10.6. The SMILES string of the molecule is CC(C)C(C1(C)CC1)C(C)(O)OC1CC2CC(CC(O)(C(F)(F)F)C(F)(F)F)C1C2. The van der Waals surface area contributed by atoms with Crippen LogP contribution in [0, 0.1) is 35.0 Å². The summed E-state index contributed by atoms with van der Waals surface area (Å²) in [6.45, 7) is 7.57. The van der Waals surface area contributed by atoms with Crippen molar-refractivity contribution < 1.29 is 41.3 Å². The van der Waals surface area contributed by atoms with Crippen LogP contribution in [0.15, 0.2) is 0 Å². The highest BCUT2D eigenvalue weighted by molar-refractivity contribution is 5.05. The molecule has 0 saturated heterocycles. The summed E-state index contributed by atoms with van der Waals surface area (Å²) in [5.74, 6) is -3.18. The summed E-state index contributed by atoms with van der Waals surface area (Å²) in [4.78, 5) is 0. The van der Waals surface area contributed by atoms with Crippen LogP contribution in [0.2, 0.25) is 0 Å². The molecule has 3 rings (SSSR count). The first-order valence-electron chi connectivity index (χ1n) is 10.7. The van der Waals surface area contributed by atoms with E-state index in [0.717, 1.165) is 12.8 Å². The molecule has 6 unspecified atom stereocenters. The standard InChI is InChI=1S/C21H32F6O3/c1-11(2)16(17(3)5-6-17)18(4,28)30-15-9-12-7-13(14(15)8-12)10-19(29,20(22,23)24)21(25,26)27/h11-16,28-29H,5-10H2,1-4H3. The molecule has 0 amide bonds. The third kappa shape index (κ3) is 4.10. The van der Waals surface area contributed by atoms with Gasteiger partial charge < -0.3 is 14.9 Å². The average molecular weight is 446 g/mol. The van der Waals surface area contributed by atoms with E-state index in [1.807, 2.05) is 13.8 Å². The maximum atomic E-state index is 13.2. The van der Waals surface area contributed by atoms with Crippen molar-refractivity contribution in [1.29, 1.82) is 0 Å². The Morgan fingerprint density at radius 3 is 1.90 bits per heavy atom. The molecule has 0 heterocycles. The van der Waals surface area contributed by atoms with Gasteiger partial charge in [0, 0.05) is 5.92 Å². The molecule has 9 heteroatoms. The highest BCUT2D eigenvalue weighted by Crippen LogP contribution is 2.60. The molecule has 0 aromatic heterocycles. The number of aliphatic hydroxyl groups is 2. The van der Waals surface area contributed by atoms with Crippen LogP contribution in [0.1, 0.15) is 66.2 Å². The lowest BCUT2D eigenvalue weighted by molar-refractivity contribution is -0.374. The number of rotatable bonds is 7. The van der Waals surface area contributed by atoms with E-state index in [9.17, 15) is 36.6 Å². The van der Waals surface area contributed by atoms with E-state index in [1.54, 1.807) is 6.92 Å². The summed E-state index contributed by atoms with van der Waals surface area (Å²) in [6, 6.07) is 0. The second-order valence-corrected chi connectivity index (χ2v) is 10.6. The van der Waals surface area contributed by atoms with Crippen LogP contribution >= 0.6 is 0 Å². The Morgan fingerprint density at radius 2 is 1.50 bits per heavy atom. The molecule has 0 aliphatic heterocycles. The zero-order valence-electron chi connectivity index (χ0n) is 17.8. The summed E-state index contributed by atoms with van der Waals surface area (Å²) in [7, 11) is 0. The Balaban J connectivity index is 1.76. The van der Waals surface area contributed by atoms with Crippen molar-refractivity contribution in [1.82, 2.24) is 0 Å².